The standard InChI is InChI=1S/C13H8ClFN2/c14-11-2-1-3-12(13(11)15)17-10-6-4-9(8-16)5-7-10/h1-7,17H. The molecule has 0 bridgehead atoms. The quantitative estimate of drug-likeness (QED) is 0.866. The molecule has 0 saturated heterocycles. The molecule has 0 aromatic heterocycles. The van der Waals surface area contributed by atoms with Crippen molar-refractivity contribution in [3.63, 3.8) is 0 Å². The summed E-state index contributed by atoms with van der Waals surface area (Å²) in [7, 11) is 0. The Hall–Kier alpha value is -2.05. The number of nitriles is 1. The van der Waals surface area contributed by atoms with Gasteiger partial charge >= 0.3 is 0 Å². The van der Waals surface area contributed by atoms with Gasteiger partial charge in [-0.05, 0) is 36.4 Å². The van der Waals surface area contributed by atoms with Crippen LogP contribution in [0, 0.1) is 17.1 Å². The van der Waals surface area contributed by atoms with Gasteiger partial charge in [0.2, 0.25) is 0 Å². The fourth-order valence-electron chi connectivity index (χ4n) is 1.38. The SMILES string of the molecule is N#Cc1ccc(Nc2cccc(Cl)c2F)cc1. The Bertz CT molecular complexity index is 573. The molecule has 84 valence electrons. The fourth-order valence-corrected chi connectivity index (χ4v) is 1.56. The molecule has 2 rings (SSSR count). The fraction of sp³-hybridized carbons (Fsp3) is 0. The van der Waals surface area contributed by atoms with Crippen LogP contribution in [0.1, 0.15) is 5.56 Å². The van der Waals surface area contributed by atoms with E-state index >= 15 is 0 Å². The Morgan fingerprint density at radius 3 is 2.47 bits per heavy atom. The molecule has 0 aliphatic rings. The zero-order valence-electron chi connectivity index (χ0n) is 8.74. The predicted molar refractivity (Wildman–Crippen MR) is 65.8 cm³/mol. The molecule has 2 aromatic rings. The smallest absolute Gasteiger partial charge is 0.165 e. The van der Waals surface area contributed by atoms with Crippen LogP contribution in [0.2, 0.25) is 5.02 Å². The molecular weight excluding hydrogens is 239 g/mol. The van der Waals surface area contributed by atoms with E-state index in [9.17, 15) is 4.39 Å². The summed E-state index contributed by atoms with van der Waals surface area (Å²) in [5.74, 6) is -0.487. The van der Waals surface area contributed by atoms with Crippen molar-refractivity contribution in [1.29, 1.82) is 5.26 Å². The highest BCUT2D eigenvalue weighted by Gasteiger charge is 2.05. The molecule has 2 nitrogen and oxygen atoms in total. The van der Waals surface area contributed by atoms with Crippen molar-refractivity contribution in [2.24, 2.45) is 0 Å². The van der Waals surface area contributed by atoms with Crippen molar-refractivity contribution < 1.29 is 4.39 Å². The monoisotopic (exact) mass is 246 g/mol. The lowest BCUT2D eigenvalue weighted by atomic mass is 10.2. The number of nitrogens with zero attached hydrogens (tertiary/aromatic N) is 1. The third-order valence-corrected chi connectivity index (χ3v) is 2.54. The topological polar surface area (TPSA) is 35.8 Å². The van der Waals surface area contributed by atoms with Gasteiger partial charge in [-0.25, -0.2) is 4.39 Å². The van der Waals surface area contributed by atoms with Gasteiger partial charge in [0, 0.05) is 5.69 Å². The van der Waals surface area contributed by atoms with E-state index < -0.39 is 5.82 Å². The second-order valence-corrected chi connectivity index (χ2v) is 3.82. The first-order chi connectivity index (χ1) is 8.20. The molecule has 0 heterocycles. The Balaban J connectivity index is 2.26. The van der Waals surface area contributed by atoms with Gasteiger partial charge in [0.25, 0.3) is 0 Å². The summed E-state index contributed by atoms with van der Waals surface area (Å²) in [5.41, 5.74) is 1.56. The van der Waals surface area contributed by atoms with Gasteiger partial charge in [0.1, 0.15) is 0 Å². The molecule has 2 aromatic carbocycles. The molecule has 0 aliphatic heterocycles. The lowest BCUT2D eigenvalue weighted by Crippen LogP contribution is -1.94. The van der Waals surface area contributed by atoms with Gasteiger partial charge in [0.05, 0.1) is 22.3 Å². The van der Waals surface area contributed by atoms with Crippen molar-refractivity contribution in [1.82, 2.24) is 0 Å². The average Bonchev–Trinajstić information content (AvgIpc) is 2.36. The molecule has 0 radical (unpaired) electrons. The van der Waals surface area contributed by atoms with E-state index in [4.69, 9.17) is 16.9 Å². The summed E-state index contributed by atoms with van der Waals surface area (Å²) in [5, 5.41) is 11.6. The van der Waals surface area contributed by atoms with Gasteiger partial charge in [-0.15, -0.1) is 0 Å². The second kappa shape index (κ2) is 4.86. The minimum atomic E-state index is -0.487. The van der Waals surface area contributed by atoms with E-state index in [1.165, 1.54) is 6.07 Å². The van der Waals surface area contributed by atoms with Crippen molar-refractivity contribution in [2.45, 2.75) is 0 Å². The molecule has 17 heavy (non-hydrogen) atoms. The molecule has 4 heteroatoms. The Kier molecular flexibility index (Phi) is 3.27. The second-order valence-electron chi connectivity index (χ2n) is 3.42. The zero-order valence-corrected chi connectivity index (χ0v) is 9.50. The molecule has 0 spiro atoms. The highest BCUT2D eigenvalue weighted by atomic mass is 35.5. The van der Waals surface area contributed by atoms with Crippen LogP contribution in [0.4, 0.5) is 15.8 Å². The van der Waals surface area contributed by atoms with Crippen molar-refractivity contribution in [2.75, 3.05) is 5.32 Å². The third kappa shape index (κ3) is 2.55. The lowest BCUT2D eigenvalue weighted by Gasteiger charge is -2.08. The zero-order chi connectivity index (χ0) is 12.3. The van der Waals surface area contributed by atoms with E-state index in [2.05, 4.69) is 5.32 Å². The summed E-state index contributed by atoms with van der Waals surface area (Å²) in [6, 6.07) is 13.5. The first-order valence-corrected chi connectivity index (χ1v) is 5.29. The number of nitrogens with one attached hydrogen (secondary N) is 1. The number of benzene rings is 2. The van der Waals surface area contributed by atoms with Crippen molar-refractivity contribution in [3.05, 3.63) is 58.9 Å². The number of hydrogen-bond acceptors (Lipinski definition) is 2. The van der Waals surface area contributed by atoms with Crippen LogP contribution in [0.15, 0.2) is 42.5 Å². The summed E-state index contributed by atoms with van der Waals surface area (Å²) < 4.78 is 13.6. The normalized spacial score (nSPS) is 9.71. The lowest BCUT2D eigenvalue weighted by molar-refractivity contribution is 0.632. The number of hydrogen-bond donors (Lipinski definition) is 1. The minimum absolute atomic E-state index is 0.0728. The van der Waals surface area contributed by atoms with Gasteiger partial charge in [-0.3, -0.25) is 0 Å². The van der Waals surface area contributed by atoms with Crippen LogP contribution in [0.5, 0.6) is 0 Å². The van der Waals surface area contributed by atoms with E-state index in [1.54, 1.807) is 36.4 Å². The molecule has 1 N–H and O–H groups in total. The summed E-state index contributed by atoms with van der Waals surface area (Å²) in [6.45, 7) is 0. The van der Waals surface area contributed by atoms with Crippen molar-refractivity contribution in [3.8, 4) is 6.07 Å². The Labute approximate surface area is 103 Å². The molecular formula is C13H8ClFN2. The molecule has 0 amide bonds. The van der Waals surface area contributed by atoms with Crippen LogP contribution in [-0.2, 0) is 0 Å². The van der Waals surface area contributed by atoms with Gasteiger partial charge in [-0.2, -0.15) is 5.26 Å². The first kappa shape index (κ1) is 11.4. The maximum atomic E-state index is 13.6. The number of halogens is 2. The number of rotatable bonds is 2. The van der Waals surface area contributed by atoms with Crippen LogP contribution in [-0.4, -0.2) is 0 Å². The van der Waals surface area contributed by atoms with Gasteiger partial charge in [-0.1, -0.05) is 17.7 Å². The maximum Gasteiger partial charge on any atom is 0.165 e. The van der Waals surface area contributed by atoms with E-state index in [0.717, 1.165) is 0 Å². The molecule has 0 aliphatic carbocycles. The summed E-state index contributed by atoms with van der Waals surface area (Å²) >= 11 is 5.67. The molecule has 0 unspecified atom stereocenters. The summed E-state index contributed by atoms with van der Waals surface area (Å²) in [6.07, 6.45) is 0. The molecule has 0 atom stereocenters. The largest absolute Gasteiger partial charge is 0.353 e. The maximum absolute atomic E-state index is 13.6. The highest BCUT2D eigenvalue weighted by molar-refractivity contribution is 6.31. The molecule has 0 saturated carbocycles. The highest BCUT2D eigenvalue weighted by Crippen LogP contribution is 2.25. The van der Waals surface area contributed by atoms with Crippen LogP contribution in [0.3, 0.4) is 0 Å². The van der Waals surface area contributed by atoms with Crippen LogP contribution in [0.25, 0.3) is 0 Å². The number of anilines is 2. The van der Waals surface area contributed by atoms with Crippen molar-refractivity contribution >= 4 is 23.0 Å². The predicted octanol–water partition coefficient (Wildman–Crippen LogP) is 4.09. The minimum Gasteiger partial charge on any atom is -0.353 e. The van der Waals surface area contributed by atoms with E-state index in [0.29, 0.717) is 16.9 Å². The Morgan fingerprint density at radius 1 is 1.12 bits per heavy atom. The van der Waals surface area contributed by atoms with Gasteiger partial charge in [0.15, 0.2) is 5.82 Å². The third-order valence-electron chi connectivity index (χ3n) is 2.24. The van der Waals surface area contributed by atoms with Crippen LogP contribution < -0.4 is 5.32 Å². The van der Waals surface area contributed by atoms with Crippen LogP contribution >= 0.6 is 11.6 Å². The first-order valence-electron chi connectivity index (χ1n) is 4.92. The van der Waals surface area contributed by atoms with E-state index in [-0.39, 0.29) is 5.02 Å². The van der Waals surface area contributed by atoms with E-state index in [1.807, 2.05) is 6.07 Å². The Morgan fingerprint density at radius 2 is 1.82 bits per heavy atom. The average molecular weight is 247 g/mol. The van der Waals surface area contributed by atoms with Gasteiger partial charge < -0.3 is 5.32 Å². The molecule has 0 fully saturated rings. The summed E-state index contributed by atoms with van der Waals surface area (Å²) in [4.78, 5) is 0.